The number of rotatable bonds is 5. The molecule has 0 radical (unpaired) electrons. The van der Waals surface area contributed by atoms with E-state index in [-0.39, 0.29) is 11.4 Å². The molecular weight excluding hydrogens is 437 g/mol. The lowest BCUT2D eigenvalue weighted by molar-refractivity contribution is -0.121. The summed E-state index contributed by atoms with van der Waals surface area (Å²) in [6.07, 6.45) is 2.69. The monoisotopic (exact) mass is 459 g/mol. The van der Waals surface area contributed by atoms with Crippen LogP contribution < -0.4 is 4.80 Å². The van der Waals surface area contributed by atoms with Crippen molar-refractivity contribution >= 4 is 37.5 Å². The van der Waals surface area contributed by atoms with Gasteiger partial charge in [0.2, 0.25) is 10.0 Å². The van der Waals surface area contributed by atoms with Crippen LogP contribution in [-0.2, 0) is 21.4 Å². The van der Waals surface area contributed by atoms with E-state index in [1.807, 2.05) is 29.7 Å². The number of carbonyl (C=O) groups excluding carboxylic acids is 1. The predicted molar refractivity (Wildman–Crippen MR) is 119 cm³/mol. The van der Waals surface area contributed by atoms with Crippen LogP contribution in [0.5, 0.6) is 0 Å². The summed E-state index contributed by atoms with van der Waals surface area (Å²) >= 11 is 1.39. The summed E-state index contributed by atoms with van der Waals surface area (Å²) in [6.45, 7) is 6.49. The van der Waals surface area contributed by atoms with Crippen LogP contribution in [0.25, 0.3) is 10.2 Å². The molecule has 0 N–H and O–H groups in total. The van der Waals surface area contributed by atoms with Gasteiger partial charge in [-0.2, -0.15) is 9.30 Å². The van der Waals surface area contributed by atoms with Crippen LogP contribution in [0.1, 0.15) is 18.4 Å². The normalized spacial score (nSPS) is 18.0. The molecular formula is C22H22FN3O3S2. The van der Waals surface area contributed by atoms with Gasteiger partial charge in [-0.05, 0) is 61.7 Å². The summed E-state index contributed by atoms with van der Waals surface area (Å²) in [5.74, 6) is -1.01. The molecule has 0 saturated carbocycles. The van der Waals surface area contributed by atoms with E-state index >= 15 is 0 Å². The molecule has 0 spiro atoms. The molecule has 1 aliphatic heterocycles. The molecule has 1 aliphatic rings. The van der Waals surface area contributed by atoms with E-state index in [2.05, 4.69) is 11.6 Å². The Bertz CT molecular complexity index is 1320. The second-order valence-electron chi connectivity index (χ2n) is 7.43. The van der Waals surface area contributed by atoms with E-state index in [9.17, 15) is 17.6 Å². The van der Waals surface area contributed by atoms with E-state index in [1.165, 1.54) is 27.8 Å². The Labute approximate surface area is 184 Å². The summed E-state index contributed by atoms with van der Waals surface area (Å²) in [5, 5.41) is 0. The first-order valence-electron chi connectivity index (χ1n) is 9.88. The molecule has 1 unspecified atom stereocenters. The number of allylic oxidation sites excluding steroid dienone is 1. The summed E-state index contributed by atoms with van der Waals surface area (Å²) in [5.41, 5.74) is 2.05. The van der Waals surface area contributed by atoms with Crippen molar-refractivity contribution in [3.63, 3.8) is 0 Å². The predicted octanol–water partition coefficient (Wildman–Crippen LogP) is 3.62. The number of hydrogen-bond acceptors (Lipinski definition) is 4. The number of nitrogens with zero attached hydrogens (tertiary/aromatic N) is 3. The van der Waals surface area contributed by atoms with Gasteiger partial charge in [-0.15, -0.1) is 6.58 Å². The highest BCUT2D eigenvalue weighted by Gasteiger charge is 2.39. The molecule has 1 fully saturated rings. The zero-order valence-electron chi connectivity index (χ0n) is 17.0. The van der Waals surface area contributed by atoms with Crippen LogP contribution in [0.2, 0.25) is 0 Å². The minimum absolute atomic E-state index is 0.0346. The Morgan fingerprint density at radius 3 is 2.74 bits per heavy atom. The van der Waals surface area contributed by atoms with E-state index < -0.39 is 27.8 Å². The maximum absolute atomic E-state index is 13.2. The molecule has 3 aromatic rings. The number of halogens is 1. The molecule has 9 heteroatoms. The SMILES string of the molecule is C=CCn1c(=NC(=O)C2CCCN2S(=O)(=O)c2ccc(F)cc2)sc2cc(C)ccc21. The van der Waals surface area contributed by atoms with Gasteiger partial charge >= 0.3 is 0 Å². The van der Waals surface area contributed by atoms with Crippen molar-refractivity contribution < 1.29 is 17.6 Å². The Morgan fingerprint density at radius 1 is 1.29 bits per heavy atom. The topological polar surface area (TPSA) is 71.7 Å². The van der Waals surface area contributed by atoms with E-state index in [4.69, 9.17) is 0 Å². The molecule has 1 atom stereocenters. The van der Waals surface area contributed by atoms with Gasteiger partial charge in [0, 0.05) is 13.1 Å². The van der Waals surface area contributed by atoms with Crippen LogP contribution in [0, 0.1) is 12.7 Å². The average Bonchev–Trinajstić information content (AvgIpc) is 3.34. The van der Waals surface area contributed by atoms with Gasteiger partial charge in [0.25, 0.3) is 5.91 Å². The maximum Gasteiger partial charge on any atom is 0.266 e. The van der Waals surface area contributed by atoms with Crippen molar-refractivity contribution in [2.45, 2.75) is 37.2 Å². The molecule has 2 heterocycles. The highest BCUT2D eigenvalue weighted by Crippen LogP contribution is 2.27. The van der Waals surface area contributed by atoms with Gasteiger partial charge in [0.1, 0.15) is 11.9 Å². The molecule has 1 amide bonds. The zero-order valence-corrected chi connectivity index (χ0v) is 18.6. The van der Waals surface area contributed by atoms with E-state index in [1.54, 1.807) is 6.08 Å². The first kappa shape index (κ1) is 21.6. The molecule has 2 aromatic carbocycles. The van der Waals surface area contributed by atoms with Crippen molar-refractivity contribution in [1.82, 2.24) is 8.87 Å². The van der Waals surface area contributed by atoms with Crippen LogP contribution >= 0.6 is 11.3 Å². The minimum Gasteiger partial charge on any atom is -0.313 e. The third-order valence-corrected chi connectivity index (χ3v) is 8.23. The third kappa shape index (κ3) is 4.13. The molecule has 1 saturated heterocycles. The molecule has 6 nitrogen and oxygen atoms in total. The van der Waals surface area contributed by atoms with Crippen molar-refractivity contribution in [1.29, 1.82) is 0 Å². The molecule has 4 rings (SSSR count). The number of thiazole rings is 1. The van der Waals surface area contributed by atoms with Crippen LogP contribution in [0.3, 0.4) is 0 Å². The smallest absolute Gasteiger partial charge is 0.266 e. The van der Waals surface area contributed by atoms with Gasteiger partial charge in [-0.1, -0.05) is 23.5 Å². The Morgan fingerprint density at radius 2 is 2.03 bits per heavy atom. The minimum atomic E-state index is -3.93. The van der Waals surface area contributed by atoms with Crippen molar-refractivity contribution in [3.05, 3.63) is 71.3 Å². The summed E-state index contributed by atoms with van der Waals surface area (Å²) in [7, 11) is -3.93. The third-order valence-electron chi connectivity index (χ3n) is 5.26. The Balaban J connectivity index is 1.72. The number of aromatic nitrogens is 1. The molecule has 31 heavy (non-hydrogen) atoms. The van der Waals surface area contributed by atoms with Crippen LogP contribution in [0.15, 0.2) is 65.0 Å². The van der Waals surface area contributed by atoms with Crippen LogP contribution in [0.4, 0.5) is 4.39 Å². The summed E-state index contributed by atoms with van der Waals surface area (Å²) < 4.78 is 43.4. The number of fused-ring (bicyclic) bond motifs is 1. The molecule has 1 aromatic heterocycles. The molecule has 162 valence electrons. The fourth-order valence-corrected chi connectivity index (χ4v) is 6.55. The fourth-order valence-electron chi connectivity index (χ4n) is 3.76. The fraction of sp³-hybridized carbons (Fsp3) is 0.273. The number of amides is 1. The highest BCUT2D eigenvalue weighted by atomic mass is 32.2. The number of carbonyl (C=O) groups is 1. The largest absolute Gasteiger partial charge is 0.313 e. The maximum atomic E-state index is 13.2. The standard InChI is InChI=1S/C22H22FN3O3S2/c1-3-12-25-18-11-6-15(2)14-20(18)30-22(25)24-21(27)19-5-4-13-26(19)31(28,29)17-9-7-16(23)8-10-17/h3,6-11,14,19H,1,4-5,12-13H2,2H3. The van der Waals surface area contributed by atoms with Crippen molar-refractivity contribution in [3.8, 4) is 0 Å². The van der Waals surface area contributed by atoms with Crippen molar-refractivity contribution in [2.75, 3.05) is 6.54 Å². The van der Waals surface area contributed by atoms with Gasteiger partial charge in [-0.3, -0.25) is 4.79 Å². The van der Waals surface area contributed by atoms with Gasteiger partial charge < -0.3 is 4.57 Å². The summed E-state index contributed by atoms with van der Waals surface area (Å²) in [6, 6.07) is 9.76. The lowest BCUT2D eigenvalue weighted by Gasteiger charge is -2.21. The van der Waals surface area contributed by atoms with Gasteiger partial charge in [0.15, 0.2) is 4.80 Å². The number of aryl methyl sites for hydroxylation is 1. The first-order valence-corrected chi connectivity index (χ1v) is 12.1. The second-order valence-corrected chi connectivity index (χ2v) is 10.3. The highest BCUT2D eigenvalue weighted by molar-refractivity contribution is 7.89. The van der Waals surface area contributed by atoms with Crippen LogP contribution in [-0.4, -0.2) is 35.8 Å². The van der Waals surface area contributed by atoms with E-state index in [0.29, 0.717) is 24.2 Å². The average molecular weight is 460 g/mol. The van der Waals surface area contributed by atoms with Gasteiger partial charge in [0.05, 0.1) is 15.1 Å². The Hall–Kier alpha value is -2.62. The van der Waals surface area contributed by atoms with Gasteiger partial charge in [-0.25, -0.2) is 12.8 Å². The lowest BCUT2D eigenvalue weighted by atomic mass is 10.2. The number of sulfonamides is 1. The molecule has 0 aliphatic carbocycles. The quantitative estimate of drug-likeness (QED) is 0.547. The van der Waals surface area contributed by atoms with E-state index in [0.717, 1.165) is 27.9 Å². The summed E-state index contributed by atoms with van der Waals surface area (Å²) in [4.78, 5) is 17.9. The van der Waals surface area contributed by atoms with Crippen molar-refractivity contribution in [2.24, 2.45) is 4.99 Å². The second kappa shape index (κ2) is 8.49. The lowest BCUT2D eigenvalue weighted by Crippen LogP contribution is -2.40. The number of benzene rings is 2. The number of hydrogen-bond donors (Lipinski definition) is 0. The first-order chi connectivity index (χ1) is 14.8. The zero-order chi connectivity index (χ0) is 22.2. The molecule has 0 bridgehead atoms. The Kier molecular flexibility index (Phi) is 5.92.